The van der Waals surface area contributed by atoms with Crippen LogP contribution in [0.5, 0.6) is 0 Å². The van der Waals surface area contributed by atoms with Crippen molar-refractivity contribution in [2.45, 2.75) is 57.7 Å². The second-order valence-electron chi connectivity index (χ2n) is 8.47. The van der Waals surface area contributed by atoms with Crippen molar-refractivity contribution in [1.82, 2.24) is 10.1 Å². The Morgan fingerprint density at radius 1 is 1.21 bits per heavy atom. The number of nitrogens with one attached hydrogen (secondary N) is 1. The van der Waals surface area contributed by atoms with Gasteiger partial charge in [0.1, 0.15) is 11.9 Å². The molecule has 0 amide bonds. The van der Waals surface area contributed by atoms with Gasteiger partial charge < -0.3 is 9.47 Å². The largest absolute Gasteiger partial charge is 0.348 e. The van der Waals surface area contributed by atoms with Crippen LogP contribution in [-0.4, -0.2) is 29.1 Å². The van der Waals surface area contributed by atoms with Crippen LogP contribution in [0.1, 0.15) is 51.3 Å². The van der Waals surface area contributed by atoms with Crippen LogP contribution in [0, 0.1) is 11.3 Å². The average Bonchev–Trinajstić information content (AvgIpc) is 3.21. The van der Waals surface area contributed by atoms with E-state index in [2.05, 4.69) is 41.6 Å². The maximum atomic E-state index is 6.20. The van der Waals surface area contributed by atoms with Crippen LogP contribution in [0.15, 0.2) is 18.5 Å². The number of fused-ring (bicyclic) bond motifs is 5. The quantitative estimate of drug-likeness (QED) is 0.756. The van der Waals surface area contributed by atoms with Gasteiger partial charge >= 0.3 is 5.65 Å². The van der Waals surface area contributed by atoms with Gasteiger partial charge in [-0.25, -0.2) is 5.10 Å². The predicted octanol–water partition coefficient (Wildman–Crippen LogP) is 2.53. The third kappa shape index (κ3) is 1.62. The molecule has 3 heterocycles. The summed E-state index contributed by atoms with van der Waals surface area (Å²) in [7, 11) is 0. The van der Waals surface area contributed by atoms with Gasteiger partial charge in [0, 0.05) is 29.0 Å². The molecule has 1 saturated carbocycles. The summed E-state index contributed by atoms with van der Waals surface area (Å²) >= 11 is 0. The van der Waals surface area contributed by atoms with Gasteiger partial charge in [-0.05, 0) is 30.2 Å². The second kappa shape index (κ2) is 4.58. The van der Waals surface area contributed by atoms with E-state index in [1.807, 2.05) is 12.3 Å². The second-order valence-corrected chi connectivity index (χ2v) is 8.47. The van der Waals surface area contributed by atoms with Crippen LogP contribution >= 0.6 is 0 Å². The topological polar surface area (TPSA) is 51.2 Å². The molecule has 1 N–H and O–H groups in total. The maximum Gasteiger partial charge on any atom is 0.348 e. The summed E-state index contributed by atoms with van der Waals surface area (Å²) in [6.07, 6.45) is 8.34. The standard InChI is InChI=1S/C19H25N3O2/c1-17(2)14-5-4-13-12-20-15-6-9-21-22(15)16(13)18(14,3)7-8-19(17)23-10-11-24-19/h6,9,12,14H,4-5,7-8,10-11H2,1-3H3/p+1/t14-,18-/m0/s1. The van der Waals surface area contributed by atoms with E-state index in [9.17, 15) is 0 Å². The van der Waals surface area contributed by atoms with Crippen LogP contribution < -0.4 is 4.52 Å². The third-order valence-electron chi connectivity index (χ3n) is 7.14. The van der Waals surface area contributed by atoms with Crippen LogP contribution in [-0.2, 0) is 21.3 Å². The Morgan fingerprint density at radius 2 is 2.00 bits per heavy atom. The molecule has 2 aromatic rings. The molecule has 1 spiro atoms. The molecule has 5 rings (SSSR count). The van der Waals surface area contributed by atoms with Gasteiger partial charge in [0.15, 0.2) is 5.79 Å². The summed E-state index contributed by atoms with van der Waals surface area (Å²) in [4.78, 5) is 4.61. The monoisotopic (exact) mass is 328 g/mol. The first-order valence-electron chi connectivity index (χ1n) is 9.13. The van der Waals surface area contributed by atoms with E-state index in [1.54, 1.807) is 0 Å². The zero-order valence-corrected chi connectivity index (χ0v) is 14.8. The number of rotatable bonds is 0. The summed E-state index contributed by atoms with van der Waals surface area (Å²) in [6.45, 7) is 8.59. The van der Waals surface area contributed by atoms with Gasteiger partial charge in [0.25, 0.3) is 0 Å². The van der Waals surface area contributed by atoms with Crippen molar-refractivity contribution in [3.8, 4) is 0 Å². The Kier molecular flexibility index (Phi) is 2.83. The summed E-state index contributed by atoms with van der Waals surface area (Å²) in [6, 6.07) is 2.05. The molecule has 5 nitrogen and oxygen atoms in total. The molecule has 2 fully saturated rings. The van der Waals surface area contributed by atoms with Gasteiger partial charge in [0.2, 0.25) is 0 Å². The molecule has 1 saturated heterocycles. The normalized spacial score (nSPS) is 33.5. The number of ether oxygens (including phenoxy) is 2. The minimum Gasteiger partial charge on any atom is -0.347 e. The molecule has 1 aliphatic heterocycles. The lowest BCUT2D eigenvalue weighted by Gasteiger charge is -2.58. The maximum absolute atomic E-state index is 6.20. The highest BCUT2D eigenvalue weighted by molar-refractivity contribution is 5.35. The fraction of sp³-hybridized carbons (Fsp3) is 0.684. The first-order chi connectivity index (χ1) is 11.5. The molecule has 2 aromatic heterocycles. The molecular weight excluding hydrogens is 302 g/mol. The molecule has 5 heteroatoms. The van der Waals surface area contributed by atoms with Crippen molar-refractivity contribution in [2.75, 3.05) is 13.2 Å². The van der Waals surface area contributed by atoms with Gasteiger partial charge in [-0.15, -0.1) is 4.52 Å². The van der Waals surface area contributed by atoms with Gasteiger partial charge in [-0.3, -0.25) is 0 Å². The van der Waals surface area contributed by atoms with E-state index in [1.165, 1.54) is 17.7 Å². The molecule has 128 valence electrons. The molecule has 3 aliphatic rings. The smallest absolute Gasteiger partial charge is 0.347 e. The lowest BCUT2D eigenvalue weighted by atomic mass is 9.49. The lowest BCUT2D eigenvalue weighted by Crippen LogP contribution is -2.63. The Labute approximate surface area is 142 Å². The van der Waals surface area contributed by atoms with Crippen molar-refractivity contribution in [1.29, 1.82) is 0 Å². The van der Waals surface area contributed by atoms with Crippen molar-refractivity contribution < 1.29 is 14.0 Å². The predicted molar refractivity (Wildman–Crippen MR) is 88.6 cm³/mol. The third-order valence-corrected chi connectivity index (χ3v) is 7.14. The minimum atomic E-state index is -0.402. The van der Waals surface area contributed by atoms with Crippen molar-refractivity contribution in [3.63, 3.8) is 0 Å². The summed E-state index contributed by atoms with van der Waals surface area (Å²) < 4.78 is 14.6. The number of nitrogens with zero attached hydrogens (tertiary/aromatic N) is 2. The molecule has 0 unspecified atom stereocenters. The number of aryl methyl sites for hydroxylation is 1. The first-order valence-corrected chi connectivity index (χ1v) is 9.13. The van der Waals surface area contributed by atoms with E-state index in [0.717, 1.165) is 38.1 Å². The van der Waals surface area contributed by atoms with E-state index >= 15 is 0 Å². The number of H-pyrrole nitrogens is 1. The van der Waals surface area contributed by atoms with Gasteiger partial charge in [-0.2, -0.15) is 0 Å². The Hall–Kier alpha value is -1.46. The molecular formula is C19H26N3O2+. The minimum absolute atomic E-state index is 0.0169. The lowest BCUT2D eigenvalue weighted by molar-refractivity contribution is -0.595. The highest BCUT2D eigenvalue weighted by atomic mass is 16.7. The van der Waals surface area contributed by atoms with Crippen LogP contribution in [0.3, 0.4) is 0 Å². The molecule has 2 atom stereocenters. The van der Waals surface area contributed by atoms with E-state index < -0.39 is 5.79 Å². The van der Waals surface area contributed by atoms with Crippen LogP contribution in [0.4, 0.5) is 0 Å². The highest BCUT2D eigenvalue weighted by Gasteiger charge is 2.64. The number of aromatic nitrogens is 3. The summed E-state index contributed by atoms with van der Waals surface area (Å²) in [5.41, 5.74) is 3.89. The van der Waals surface area contributed by atoms with Crippen molar-refractivity contribution in [3.05, 3.63) is 29.7 Å². The fourth-order valence-electron chi connectivity index (χ4n) is 5.98. The fourth-order valence-corrected chi connectivity index (χ4v) is 5.98. The molecule has 24 heavy (non-hydrogen) atoms. The zero-order valence-electron chi connectivity index (χ0n) is 14.8. The van der Waals surface area contributed by atoms with Crippen molar-refractivity contribution in [2.24, 2.45) is 11.3 Å². The number of hydrogen-bond acceptors (Lipinski definition) is 3. The van der Waals surface area contributed by atoms with Crippen LogP contribution in [0.25, 0.3) is 5.65 Å². The van der Waals surface area contributed by atoms with Gasteiger partial charge in [-0.1, -0.05) is 20.8 Å². The Balaban J connectivity index is 1.70. The highest BCUT2D eigenvalue weighted by Crippen LogP contribution is 2.61. The Bertz CT molecular complexity index is 806. The molecule has 0 bridgehead atoms. The van der Waals surface area contributed by atoms with Crippen molar-refractivity contribution >= 4 is 5.65 Å². The number of aromatic amines is 1. The summed E-state index contributed by atoms with van der Waals surface area (Å²) in [5.74, 6) is 0.118. The number of hydrogen-bond donors (Lipinski definition) is 1. The van der Waals surface area contributed by atoms with E-state index in [-0.39, 0.29) is 10.8 Å². The molecule has 0 aromatic carbocycles. The zero-order chi connectivity index (χ0) is 16.6. The first kappa shape index (κ1) is 14.8. The average molecular weight is 328 g/mol. The molecule has 2 aliphatic carbocycles. The van der Waals surface area contributed by atoms with E-state index in [4.69, 9.17) is 9.47 Å². The Morgan fingerprint density at radius 3 is 2.79 bits per heavy atom. The van der Waals surface area contributed by atoms with Gasteiger partial charge in [0.05, 0.1) is 19.3 Å². The summed E-state index contributed by atoms with van der Waals surface area (Å²) in [5, 5.41) is 3.39. The SMILES string of the molecule is CC1(C)[C@@H]2CCc3cnc4cc[nH][n+]4c3[C@@]2(C)CCC12OCCO2. The van der Waals surface area contributed by atoms with E-state index in [0.29, 0.717) is 5.92 Å². The van der Waals surface area contributed by atoms with Crippen LogP contribution in [0.2, 0.25) is 0 Å². The molecule has 0 radical (unpaired) electrons.